The number of hydrogen-bond donors (Lipinski definition) is 0. The largest absolute Gasteiger partial charge is 0.298 e. The normalized spacial score (nSPS) is 22.3. The summed E-state index contributed by atoms with van der Waals surface area (Å²) in [4.78, 5) is 36.0. The van der Waals surface area contributed by atoms with Crippen LogP contribution in [0.2, 0.25) is 0 Å². The predicted molar refractivity (Wildman–Crippen MR) is 118 cm³/mol. The summed E-state index contributed by atoms with van der Waals surface area (Å²) in [5.41, 5.74) is 1.94. The molecule has 1 unspecified atom stereocenters. The number of piperazine rings is 1. The number of halogens is 1. The van der Waals surface area contributed by atoms with Crippen LogP contribution in [0, 0.1) is 0 Å². The van der Waals surface area contributed by atoms with Crippen LogP contribution in [0.3, 0.4) is 0 Å². The highest BCUT2D eigenvalue weighted by atomic mass is 79.9. The Hall–Kier alpha value is -2.15. The summed E-state index contributed by atoms with van der Waals surface area (Å²) in [6.45, 7) is 7.59. The molecule has 1 aliphatic carbocycles. The summed E-state index contributed by atoms with van der Waals surface area (Å²) >= 11 is 3.45. The van der Waals surface area contributed by atoms with E-state index < -0.39 is 6.04 Å². The average Bonchev–Trinajstić information content (AvgIpc) is 2.72. The summed E-state index contributed by atoms with van der Waals surface area (Å²) in [5.74, 6) is -0.191. The van der Waals surface area contributed by atoms with Gasteiger partial charge in [-0.1, -0.05) is 46.3 Å². The summed E-state index contributed by atoms with van der Waals surface area (Å²) in [6.07, 6.45) is 0. The van der Waals surface area contributed by atoms with Crippen LogP contribution in [0.4, 0.5) is 5.69 Å². The van der Waals surface area contributed by atoms with Crippen molar-refractivity contribution >= 4 is 38.9 Å². The van der Waals surface area contributed by atoms with E-state index in [1.807, 2.05) is 30.3 Å². The lowest BCUT2D eigenvalue weighted by Crippen LogP contribution is -2.59. The minimum atomic E-state index is -0.634. The maximum Gasteiger partial charge on any atom is 0.210 e. The van der Waals surface area contributed by atoms with Gasteiger partial charge in [0.15, 0.2) is 5.78 Å². The molecule has 1 heterocycles. The van der Waals surface area contributed by atoms with Crippen LogP contribution in [-0.2, 0) is 0 Å². The molecule has 0 bridgehead atoms. The SMILES string of the molecule is CC(C)N1CCN(C2C(=O)c3ccccc3C(=O)C2=Nc2cccc(Br)c2)CC1. The molecule has 0 saturated carbocycles. The number of carbonyl (C=O) groups excluding carboxylic acids is 2. The van der Waals surface area contributed by atoms with Gasteiger partial charge in [0.25, 0.3) is 0 Å². The first-order valence-corrected chi connectivity index (χ1v) is 10.7. The Bertz CT molecular complexity index is 978. The van der Waals surface area contributed by atoms with E-state index in [9.17, 15) is 9.59 Å². The Labute approximate surface area is 179 Å². The quantitative estimate of drug-likeness (QED) is 0.704. The first kappa shape index (κ1) is 20.1. The van der Waals surface area contributed by atoms with Gasteiger partial charge < -0.3 is 0 Å². The Morgan fingerprint density at radius 1 is 0.966 bits per heavy atom. The van der Waals surface area contributed by atoms with Crippen molar-refractivity contribution in [1.82, 2.24) is 9.80 Å². The molecule has 1 saturated heterocycles. The van der Waals surface area contributed by atoms with Crippen LogP contribution < -0.4 is 0 Å². The zero-order valence-electron chi connectivity index (χ0n) is 16.6. The first-order valence-electron chi connectivity index (χ1n) is 9.96. The maximum absolute atomic E-state index is 13.4. The second-order valence-corrected chi connectivity index (χ2v) is 8.70. The van der Waals surface area contributed by atoms with Gasteiger partial charge in [-0.05, 0) is 32.0 Å². The van der Waals surface area contributed by atoms with Gasteiger partial charge in [-0.2, -0.15) is 0 Å². The van der Waals surface area contributed by atoms with E-state index in [2.05, 4.69) is 44.6 Å². The van der Waals surface area contributed by atoms with E-state index >= 15 is 0 Å². The van der Waals surface area contributed by atoms with E-state index in [1.165, 1.54) is 0 Å². The minimum Gasteiger partial charge on any atom is -0.298 e. The highest BCUT2D eigenvalue weighted by Gasteiger charge is 2.42. The van der Waals surface area contributed by atoms with Crippen LogP contribution in [0.15, 0.2) is 58.0 Å². The van der Waals surface area contributed by atoms with Crippen molar-refractivity contribution in [3.63, 3.8) is 0 Å². The average molecular weight is 454 g/mol. The minimum absolute atomic E-state index is 0.0352. The van der Waals surface area contributed by atoms with Gasteiger partial charge in [0.2, 0.25) is 5.78 Å². The number of hydrogen-bond acceptors (Lipinski definition) is 5. The van der Waals surface area contributed by atoms with Crippen molar-refractivity contribution in [1.29, 1.82) is 0 Å². The van der Waals surface area contributed by atoms with Crippen molar-refractivity contribution in [2.75, 3.05) is 26.2 Å². The van der Waals surface area contributed by atoms with Crippen molar-refractivity contribution in [2.45, 2.75) is 25.9 Å². The third kappa shape index (κ3) is 3.97. The molecule has 4 rings (SSSR count). The topological polar surface area (TPSA) is 53.0 Å². The van der Waals surface area contributed by atoms with E-state index in [0.717, 1.165) is 30.7 Å². The molecule has 2 aromatic rings. The number of nitrogens with zero attached hydrogens (tertiary/aromatic N) is 3. The van der Waals surface area contributed by atoms with Gasteiger partial charge in [-0.15, -0.1) is 0 Å². The van der Waals surface area contributed by atoms with Crippen LogP contribution in [0.25, 0.3) is 0 Å². The molecule has 29 heavy (non-hydrogen) atoms. The van der Waals surface area contributed by atoms with E-state index in [4.69, 9.17) is 0 Å². The van der Waals surface area contributed by atoms with Gasteiger partial charge in [0.1, 0.15) is 11.8 Å². The molecule has 0 aromatic heterocycles. The second kappa shape index (κ2) is 8.30. The Balaban J connectivity index is 1.75. The smallest absolute Gasteiger partial charge is 0.210 e. The van der Waals surface area contributed by atoms with Crippen molar-refractivity contribution in [3.8, 4) is 0 Å². The second-order valence-electron chi connectivity index (χ2n) is 7.78. The molecular weight excluding hydrogens is 430 g/mol. The summed E-state index contributed by atoms with van der Waals surface area (Å²) < 4.78 is 0.886. The number of ketones is 2. The highest BCUT2D eigenvalue weighted by molar-refractivity contribution is 9.10. The van der Waals surface area contributed by atoms with E-state index in [1.54, 1.807) is 18.2 Å². The van der Waals surface area contributed by atoms with Crippen LogP contribution >= 0.6 is 15.9 Å². The number of rotatable bonds is 3. The summed E-state index contributed by atoms with van der Waals surface area (Å²) in [6, 6.07) is 14.4. The third-order valence-corrected chi connectivity index (χ3v) is 6.17. The summed E-state index contributed by atoms with van der Waals surface area (Å²) in [5, 5.41) is 0. The number of fused-ring (bicyclic) bond motifs is 1. The lowest BCUT2D eigenvalue weighted by molar-refractivity contribution is 0.0697. The predicted octanol–water partition coefficient (Wildman–Crippen LogP) is 4.00. The summed E-state index contributed by atoms with van der Waals surface area (Å²) in [7, 11) is 0. The number of Topliss-reactive ketones (excluding diaryl/α,β-unsaturated/α-hetero) is 2. The van der Waals surface area contributed by atoms with Gasteiger partial charge in [0.05, 0.1) is 5.69 Å². The van der Waals surface area contributed by atoms with E-state index in [0.29, 0.717) is 28.6 Å². The molecule has 5 nitrogen and oxygen atoms in total. The Morgan fingerprint density at radius 2 is 1.66 bits per heavy atom. The zero-order valence-corrected chi connectivity index (χ0v) is 18.2. The van der Waals surface area contributed by atoms with Crippen LogP contribution in [0.1, 0.15) is 34.6 Å². The Kier molecular flexibility index (Phi) is 5.76. The molecule has 1 atom stereocenters. The molecule has 0 spiro atoms. The zero-order chi connectivity index (χ0) is 20.5. The molecule has 2 aromatic carbocycles. The van der Waals surface area contributed by atoms with Crippen LogP contribution in [0.5, 0.6) is 0 Å². The van der Waals surface area contributed by atoms with Gasteiger partial charge in [0, 0.05) is 47.8 Å². The van der Waals surface area contributed by atoms with Gasteiger partial charge in [-0.25, -0.2) is 4.99 Å². The highest BCUT2D eigenvalue weighted by Crippen LogP contribution is 2.27. The van der Waals surface area contributed by atoms with Gasteiger partial charge in [-0.3, -0.25) is 19.4 Å². The van der Waals surface area contributed by atoms with Gasteiger partial charge >= 0.3 is 0 Å². The number of benzene rings is 2. The molecule has 150 valence electrons. The molecule has 0 N–H and O–H groups in total. The number of carbonyl (C=O) groups is 2. The molecule has 1 fully saturated rings. The van der Waals surface area contributed by atoms with Crippen molar-refractivity contribution in [3.05, 3.63) is 64.1 Å². The monoisotopic (exact) mass is 453 g/mol. The molecule has 6 heteroatoms. The molecule has 0 radical (unpaired) electrons. The maximum atomic E-state index is 13.4. The number of aliphatic imine (C=N–C) groups is 1. The first-order chi connectivity index (χ1) is 14.0. The fourth-order valence-corrected chi connectivity index (χ4v) is 4.46. The molecule has 1 aliphatic heterocycles. The fraction of sp³-hybridized carbons (Fsp3) is 0.348. The standard InChI is InChI=1S/C23H24BrN3O2/c1-15(2)26-10-12-27(13-11-26)21-20(25-17-7-5-6-16(24)14-17)22(28)18-8-3-4-9-19(18)23(21)29/h3-9,14-15,21H,10-13H2,1-2H3. The van der Waals surface area contributed by atoms with E-state index in [-0.39, 0.29) is 11.6 Å². The molecule has 2 aliphatic rings. The Morgan fingerprint density at radius 3 is 2.31 bits per heavy atom. The lowest BCUT2D eigenvalue weighted by atomic mass is 9.83. The molecule has 0 amide bonds. The van der Waals surface area contributed by atoms with Crippen molar-refractivity contribution in [2.24, 2.45) is 4.99 Å². The van der Waals surface area contributed by atoms with Crippen molar-refractivity contribution < 1.29 is 9.59 Å². The third-order valence-electron chi connectivity index (χ3n) is 5.68. The fourth-order valence-electron chi connectivity index (χ4n) is 4.08. The lowest BCUT2D eigenvalue weighted by Gasteiger charge is -2.41. The molecular formula is C23H24BrN3O2. The van der Waals surface area contributed by atoms with Crippen LogP contribution in [-0.4, -0.2) is 65.3 Å².